The SMILES string of the molecule is COc1ccc(C(O)CNC(C)CCc2ccc([N+](=O)[O-])cc2)cc1.Cl. The van der Waals surface area contributed by atoms with Crippen LogP contribution >= 0.6 is 12.4 Å². The van der Waals surface area contributed by atoms with Gasteiger partial charge in [0.05, 0.1) is 18.1 Å². The summed E-state index contributed by atoms with van der Waals surface area (Å²) in [6.07, 6.45) is 1.13. The minimum atomic E-state index is -0.576. The highest BCUT2D eigenvalue weighted by Crippen LogP contribution is 2.17. The molecule has 2 aromatic rings. The van der Waals surface area contributed by atoms with Gasteiger partial charge in [-0.2, -0.15) is 0 Å². The topological polar surface area (TPSA) is 84.6 Å². The maximum atomic E-state index is 10.6. The lowest BCUT2D eigenvalue weighted by Gasteiger charge is -2.17. The van der Waals surface area contributed by atoms with Gasteiger partial charge < -0.3 is 15.2 Å². The zero-order valence-corrected chi connectivity index (χ0v) is 15.7. The zero-order valence-electron chi connectivity index (χ0n) is 14.9. The van der Waals surface area contributed by atoms with E-state index >= 15 is 0 Å². The van der Waals surface area contributed by atoms with E-state index in [1.807, 2.05) is 24.3 Å². The number of ether oxygens (including phenoxy) is 1. The fourth-order valence-electron chi connectivity index (χ4n) is 2.53. The van der Waals surface area contributed by atoms with E-state index < -0.39 is 11.0 Å². The van der Waals surface area contributed by atoms with Crippen LogP contribution in [-0.2, 0) is 6.42 Å². The molecular formula is C19H25ClN2O4. The number of nitro groups is 1. The fourth-order valence-corrected chi connectivity index (χ4v) is 2.53. The molecule has 0 aliphatic rings. The first-order chi connectivity index (χ1) is 12.0. The summed E-state index contributed by atoms with van der Waals surface area (Å²) >= 11 is 0. The number of nitrogens with one attached hydrogen (secondary N) is 1. The number of benzene rings is 2. The van der Waals surface area contributed by atoms with Gasteiger partial charge in [0.1, 0.15) is 5.75 Å². The van der Waals surface area contributed by atoms with Crippen LogP contribution < -0.4 is 10.1 Å². The molecule has 0 heterocycles. The maximum absolute atomic E-state index is 10.6. The van der Waals surface area contributed by atoms with Gasteiger partial charge in [-0.25, -0.2) is 0 Å². The first kappa shape index (κ1) is 21.9. The van der Waals surface area contributed by atoms with Gasteiger partial charge in [-0.15, -0.1) is 12.4 Å². The summed E-state index contributed by atoms with van der Waals surface area (Å²) < 4.78 is 5.11. The first-order valence-corrected chi connectivity index (χ1v) is 8.28. The second-order valence-electron chi connectivity index (χ2n) is 6.06. The predicted molar refractivity (Wildman–Crippen MR) is 104 cm³/mol. The Morgan fingerprint density at radius 3 is 2.31 bits per heavy atom. The van der Waals surface area contributed by atoms with Gasteiger partial charge in [-0.05, 0) is 43.0 Å². The van der Waals surface area contributed by atoms with Crippen molar-refractivity contribution in [1.82, 2.24) is 5.32 Å². The maximum Gasteiger partial charge on any atom is 0.269 e. The average Bonchev–Trinajstić information content (AvgIpc) is 2.64. The van der Waals surface area contributed by atoms with Crippen molar-refractivity contribution in [3.63, 3.8) is 0 Å². The van der Waals surface area contributed by atoms with Crippen molar-refractivity contribution in [2.75, 3.05) is 13.7 Å². The van der Waals surface area contributed by atoms with Crippen molar-refractivity contribution < 1.29 is 14.8 Å². The number of methoxy groups -OCH3 is 1. The van der Waals surface area contributed by atoms with E-state index in [0.29, 0.717) is 6.54 Å². The van der Waals surface area contributed by atoms with Crippen LogP contribution in [0.15, 0.2) is 48.5 Å². The molecule has 0 saturated carbocycles. The molecule has 0 saturated heterocycles. The lowest BCUT2D eigenvalue weighted by molar-refractivity contribution is -0.384. The molecule has 2 unspecified atom stereocenters. The lowest BCUT2D eigenvalue weighted by atomic mass is 10.0. The molecule has 0 spiro atoms. The Morgan fingerprint density at radius 1 is 1.15 bits per heavy atom. The highest BCUT2D eigenvalue weighted by Gasteiger charge is 2.10. The molecule has 2 atom stereocenters. The Balaban J connectivity index is 0.00000338. The molecular weight excluding hydrogens is 356 g/mol. The van der Waals surface area contributed by atoms with Gasteiger partial charge in [0.15, 0.2) is 0 Å². The molecule has 0 radical (unpaired) electrons. The van der Waals surface area contributed by atoms with E-state index in [9.17, 15) is 15.2 Å². The van der Waals surface area contributed by atoms with Crippen molar-refractivity contribution in [3.05, 3.63) is 69.8 Å². The van der Waals surface area contributed by atoms with Crippen LogP contribution in [0.25, 0.3) is 0 Å². The summed E-state index contributed by atoms with van der Waals surface area (Å²) in [6, 6.07) is 14.2. The van der Waals surface area contributed by atoms with Gasteiger partial charge in [0.2, 0.25) is 0 Å². The number of hydrogen-bond acceptors (Lipinski definition) is 5. The van der Waals surface area contributed by atoms with Crippen LogP contribution in [-0.4, -0.2) is 29.7 Å². The van der Waals surface area contributed by atoms with Crippen LogP contribution in [0.2, 0.25) is 0 Å². The summed E-state index contributed by atoms with van der Waals surface area (Å²) in [5.74, 6) is 0.764. The van der Waals surface area contributed by atoms with Crippen LogP contribution in [0, 0.1) is 10.1 Å². The highest BCUT2D eigenvalue weighted by atomic mass is 35.5. The van der Waals surface area contributed by atoms with Crippen LogP contribution in [0.5, 0.6) is 5.75 Å². The molecule has 26 heavy (non-hydrogen) atoms. The summed E-state index contributed by atoms with van der Waals surface area (Å²) in [6.45, 7) is 2.53. The van der Waals surface area contributed by atoms with E-state index in [-0.39, 0.29) is 24.1 Å². The van der Waals surface area contributed by atoms with Crippen molar-refractivity contribution in [3.8, 4) is 5.75 Å². The third kappa shape index (κ3) is 6.63. The molecule has 142 valence electrons. The van der Waals surface area contributed by atoms with Crippen molar-refractivity contribution in [2.24, 2.45) is 0 Å². The Morgan fingerprint density at radius 2 is 1.77 bits per heavy atom. The summed E-state index contributed by atoms with van der Waals surface area (Å²) in [4.78, 5) is 10.3. The Bertz CT molecular complexity index is 677. The molecule has 0 aliphatic heterocycles. The molecule has 2 aromatic carbocycles. The van der Waals surface area contributed by atoms with Crippen molar-refractivity contribution in [2.45, 2.75) is 31.9 Å². The Kier molecular flexibility index (Phi) is 9.05. The number of hydrogen-bond donors (Lipinski definition) is 2. The monoisotopic (exact) mass is 380 g/mol. The highest BCUT2D eigenvalue weighted by molar-refractivity contribution is 5.85. The van der Waals surface area contributed by atoms with E-state index in [4.69, 9.17) is 4.74 Å². The van der Waals surface area contributed by atoms with Crippen molar-refractivity contribution in [1.29, 1.82) is 0 Å². The number of nitrogens with zero attached hydrogens (tertiary/aromatic N) is 1. The second kappa shape index (κ2) is 10.8. The zero-order chi connectivity index (χ0) is 18.2. The van der Waals surface area contributed by atoms with E-state index in [2.05, 4.69) is 12.2 Å². The molecule has 2 N–H and O–H groups in total. The Hall–Kier alpha value is -2.15. The largest absolute Gasteiger partial charge is 0.497 e. The molecule has 0 aromatic heterocycles. The summed E-state index contributed by atoms with van der Waals surface area (Å²) in [5.41, 5.74) is 2.02. The van der Waals surface area contributed by atoms with Gasteiger partial charge in [0.25, 0.3) is 5.69 Å². The van der Waals surface area contributed by atoms with Crippen LogP contribution in [0.1, 0.15) is 30.6 Å². The predicted octanol–water partition coefficient (Wildman–Crippen LogP) is 3.67. The minimum absolute atomic E-state index is 0. The number of rotatable bonds is 9. The minimum Gasteiger partial charge on any atom is -0.497 e. The Labute approximate surface area is 159 Å². The van der Waals surface area contributed by atoms with E-state index in [0.717, 1.165) is 29.7 Å². The van der Waals surface area contributed by atoms with Crippen molar-refractivity contribution >= 4 is 18.1 Å². The molecule has 2 rings (SSSR count). The number of aliphatic hydroxyl groups is 1. The molecule has 0 bridgehead atoms. The summed E-state index contributed by atoms with van der Waals surface area (Å²) in [7, 11) is 1.61. The van der Waals surface area contributed by atoms with Gasteiger partial charge >= 0.3 is 0 Å². The molecule has 0 aliphatic carbocycles. The fraction of sp³-hybridized carbons (Fsp3) is 0.368. The second-order valence-corrected chi connectivity index (χ2v) is 6.06. The third-order valence-corrected chi connectivity index (χ3v) is 4.17. The lowest BCUT2D eigenvalue weighted by Crippen LogP contribution is -2.30. The normalized spacial score (nSPS) is 12.7. The van der Waals surface area contributed by atoms with E-state index in [1.165, 1.54) is 12.1 Å². The van der Waals surface area contributed by atoms with Crippen LogP contribution in [0.4, 0.5) is 5.69 Å². The quantitative estimate of drug-likeness (QED) is 0.512. The first-order valence-electron chi connectivity index (χ1n) is 8.28. The number of non-ortho nitro benzene ring substituents is 1. The van der Waals surface area contributed by atoms with Gasteiger partial charge in [-0.1, -0.05) is 24.3 Å². The van der Waals surface area contributed by atoms with Crippen LogP contribution in [0.3, 0.4) is 0 Å². The summed E-state index contributed by atoms with van der Waals surface area (Å²) in [5, 5.41) is 24.2. The smallest absolute Gasteiger partial charge is 0.269 e. The third-order valence-electron chi connectivity index (χ3n) is 4.17. The number of nitro benzene ring substituents is 1. The number of aryl methyl sites for hydroxylation is 1. The standard InChI is InChI=1S/C19H24N2O4.ClH/c1-14(3-4-15-5-9-17(10-6-15)21(23)24)20-13-19(22)16-7-11-18(25-2)12-8-16;/h5-12,14,19-20,22H,3-4,13H2,1-2H3;1H. The average molecular weight is 381 g/mol. The van der Waals surface area contributed by atoms with Gasteiger partial charge in [-0.3, -0.25) is 10.1 Å². The van der Waals surface area contributed by atoms with E-state index in [1.54, 1.807) is 19.2 Å². The molecule has 7 heteroatoms. The molecule has 6 nitrogen and oxygen atoms in total. The molecule has 0 amide bonds. The number of aliphatic hydroxyl groups excluding tert-OH is 1. The van der Waals surface area contributed by atoms with Gasteiger partial charge in [0, 0.05) is 24.7 Å². The number of halogens is 1. The molecule has 0 fully saturated rings.